The second-order valence-electron chi connectivity index (χ2n) is 5.24. The van der Waals surface area contributed by atoms with Gasteiger partial charge in [0.15, 0.2) is 9.84 Å². The highest BCUT2D eigenvalue weighted by atomic mass is 35.5. The predicted octanol–water partition coefficient (Wildman–Crippen LogP) is 1.76. The molecule has 1 unspecified atom stereocenters. The highest BCUT2D eigenvalue weighted by Crippen LogP contribution is 2.26. The summed E-state index contributed by atoms with van der Waals surface area (Å²) >= 11 is 0. The first-order valence-electron chi connectivity index (χ1n) is 6.31. The molecular formula is C13H17ClF2N2O3S. The van der Waals surface area contributed by atoms with Crippen LogP contribution in [0.1, 0.15) is 12.0 Å². The molecule has 1 amide bonds. The Morgan fingerprint density at radius 1 is 1.41 bits per heavy atom. The number of anilines is 1. The molecule has 1 heterocycles. The van der Waals surface area contributed by atoms with E-state index in [1.807, 2.05) is 0 Å². The number of carbonyl (C=O) groups is 1. The van der Waals surface area contributed by atoms with Crippen molar-refractivity contribution in [2.75, 3.05) is 18.1 Å². The number of rotatable bonds is 3. The van der Waals surface area contributed by atoms with Gasteiger partial charge in [0.05, 0.1) is 17.5 Å². The summed E-state index contributed by atoms with van der Waals surface area (Å²) in [5, 5.41) is 4.90. The normalized spacial score (nSPS) is 20.3. The molecule has 0 aliphatic carbocycles. The number of nitrogens with one attached hydrogen (secondary N) is 2. The first-order chi connectivity index (χ1) is 9.58. The van der Waals surface area contributed by atoms with Gasteiger partial charge >= 0.3 is 0 Å². The van der Waals surface area contributed by atoms with Crippen LogP contribution in [0.5, 0.6) is 0 Å². The van der Waals surface area contributed by atoms with Crippen molar-refractivity contribution in [3.63, 3.8) is 0 Å². The van der Waals surface area contributed by atoms with Crippen LogP contribution in [0.4, 0.5) is 14.5 Å². The molecule has 0 aromatic heterocycles. The fraction of sp³-hybridized carbons (Fsp3) is 0.462. The van der Waals surface area contributed by atoms with Crippen LogP contribution in [0.3, 0.4) is 0 Å². The number of benzene rings is 1. The van der Waals surface area contributed by atoms with Crippen molar-refractivity contribution in [1.29, 1.82) is 0 Å². The SMILES string of the molecule is Cc1ccc(NC(=O)C2CC(F)(F)CN2)cc1S(C)(=O)=O.Cl. The molecule has 1 aromatic carbocycles. The Morgan fingerprint density at radius 2 is 2.05 bits per heavy atom. The van der Waals surface area contributed by atoms with Gasteiger partial charge in [-0.3, -0.25) is 10.1 Å². The highest BCUT2D eigenvalue weighted by molar-refractivity contribution is 7.90. The molecule has 0 bridgehead atoms. The third-order valence-corrected chi connectivity index (χ3v) is 4.52. The summed E-state index contributed by atoms with van der Waals surface area (Å²) in [7, 11) is -3.42. The average molecular weight is 355 g/mol. The van der Waals surface area contributed by atoms with E-state index in [1.54, 1.807) is 13.0 Å². The zero-order chi connectivity index (χ0) is 15.8. The predicted molar refractivity (Wildman–Crippen MR) is 81.5 cm³/mol. The van der Waals surface area contributed by atoms with E-state index in [9.17, 15) is 22.0 Å². The number of hydrogen-bond acceptors (Lipinski definition) is 4. The maximum Gasteiger partial charge on any atom is 0.262 e. The Labute approximate surface area is 133 Å². The Kier molecular flexibility index (Phi) is 5.53. The molecule has 1 saturated heterocycles. The average Bonchev–Trinajstić information content (AvgIpc) is 2.71. The van der Waals surface area contributed by atoms with E-state index < -0.39 is 40.7 Å². The molecular weight excluding hydrogens is 338 g/mol. The Morgan fingerprint density at radius 3 is 2.55 bits per heavy atom. The van der Waals surface area contributed by atoms with Gasteiger partial charge in [0.25, 0.3) is 5.92 Å². The van der Waals surface area contributed by atoms with Crippen LogP contribution in [0.25, 0.3) is 0 Å². The molecule has 2 rings (SSSR count). The van der Waals surface area contributed by atoms with Crippen LogP contribution in [-0.2, 0) is 14.6 Å². The third kappa shape index (κ3) is 4.37. The Hall–Kier alpha value is -1.25. The number of carbonyl (C=O) groups excluding carboxylic acids is 1. The minimum atomic E-state index is -3.42. The molecule has 2 N–H and O–H groups in total. The first kappa shape index (κ1) is 18.8. The van der Waals surface area contributed by atoms with E-state index in [4.69, 9.17) is 0 Å². The molecule has 1 atom stereocenters. The molecule has 9 heteroatoms. The molecule has 124 valence electrons. The molecule has 1 aromatic rings. The van der Waals surface area contributed by atoms with E-state index in [0.717, 1.165) is 6.26 Å². The van der Waals surface area contributed by atoms with Gasteiger partial charge < -0.3 is 5.32 Å². The molecule has 0 radical (unpaired) electrons. The second-order valence-corrected chi connectivity index (χ2v) is 7.22. The Balaban J connectivity index is 0.00000242. The molecule has 0 spiro atoms. The van der Waals surface area contributed by atoms with Crippen LogP contribution < -0.4 is 10.6 Å². The fourth-order valence-corrected chi connectivity index (χ4v) is 3.20. The number of aryl methyl sites for hydroxylation is 1. The zero-order valence-electron chi connectivity index (χ0n) is 12.0. The van der Waals surface area contributed by atoms with Crippen molar-refractivity contribution in [3.8, 4) is 0 Å². The minimum absolute atomic E-state index is 0. The molecule has 1 aliphatic rings. The van der Waals surface area contributed by atoms with Crippen LogP contribution in [-0.4, -0.2) is 39.1 Å². The lowest BCUT2D eigenvalue weighted by Gasteiger charge is -2.13. The van der Waals surface area contributed by atoms with Crippen LogP contribution >= 0.6 is 12.4 Å². The minimum Gasteiger partial charge on any atom is -0.325 e. The molecule has 22 heavy (non-hydrogen) atoms. The number of amides is 1. The van der Waals surface area contributed by atoms with E-state index in [1.165, 1.54) is 12.1 Å². The first-order valence-corrected chi connectivity index (χ1v) is 8.20. The summed E-state index contributed by atoms with van der Waals surface area (Å²) in [6.07, 6.45) is 0.504. The number of alkyl halides is 2. The maximum atomic E-state index is 13.0. The fourth-order valence-electron chi connectivity index (χ4n) is 2.21. The van der Waals surface area contributed by atoms with Gasteiger partial charge in [-0.1, -0.05) is 6.07 Å². The largest absolute Gasteiger partial charge is 0.325 e. The molecule has 0 saturated carbocycles. The van der Waals surface area contributed by atoms with E-state index in [0.29, 0.717) is 5.56 Å². The standard InChI is InChI=1S/C13H16F2N2O3S.ClH/c1-8-3-4-9(5-11(8)21(2,19)20)17-12(18)10-6-13(14,15)7-16-10;/h3-5,10,16H,6-7H2,1-2H3,(H,17,18);1H. The van der Waals surface area contributed by atoms with Gasteiger partial charge in [0, 0.05) is 18.4 Å². The molecule has 5 nitrogen and oxygen atoms in total. The number of halogens is 3. The highest BCUT2D eigenvalue weighted by Gasteiger charge is 2.42. The maximum absolute atomic E-state index is 13.0. The van der Waals surface area contributed by atoms with Gasteiger partial charge in [-0.15, -0.1) is 12.4 Å². The summed E-state index contributed by atoms with van der Waals surface area (Å²) in [4.78, 5) is 12.0. The van der Waals surface area contributed by atoms with E-state index in [2.05, 4.69) is 10.6 Å². The van der Waals surface area contributed by atoms with Crippen LogP contribution in [0.2, 0.25) is 0 Å². The van der Waals surface area contributed by atoms with Crippen molar-refractivity contribution >= 4 is 33.8 Å². The molecule has 1 aliphatic heterocycles. The summed E-state index contributed by atoms with van der Waals surface area (Å²) < 4.78 is 49.3. The zero-order valence-corrected chi connectivity index (χ0v) is 13.7. The number of hydrogen-bond donors (Lipinski definition) is 2. The quantitative estimate of drug-likeness (QED) is 0.867. The van der Waals surface area contributed by atoms with Crippen LogP contribution in [0.15, 0.2) is 23.1 Å². The summed E-state index contributed by atoms with van der Waals surface area (Å²) in [5.41, 5.74) is 0.823. The van der Waals surface area contributed by atoms with Crippen molar-refractivity contribution < 1.29 is 22.0 Å². The van der Waals surface area contributed by atoms with Crippen molar-refractivity contribution in [2.45, 2.75) is 30.2 Å². The second kappa shape index (κ2) is 6.47. The van der Waals surface area contributed by atoms with E-state index in [-0.39, 0.29) is 23.0 Å². The van der Waals surface area contributed by atoms with Gasteiger partial charge in [0.2, 0.25) is 5.91 Å². The molecule has 1 fully saturated rings. The smallest absolute Gasteiger partial charge is 0.262 e. The van der Waals surface area contributed by atoms with Crippen LogP contribution in [0, 0.1) is 6.92 Å². The van der Waals surface area contributed by atoms with Crippen molar-refractivity contribution in [1.82, 2.24) is 5.32 Å². The lowest BCUT2D eigenvalue weighted by Crippen LogP contribution is -2.35. The summed E-state index contributed by atoms with van der Waals surface area (Å²) in [6.45, 7) is 1.11. The lowest BCUT2D eigenvalue weighted by molar-refractivity contribution is -0.118. The summed E-state index contributed by atoms with van der Waals surface area (Å²) in [5.74, 6) is -3.50. The van der Waals surface area contributed by atoms with Crippen molar-refractivity contribution in [3.05, 3.63) is 23.8 Å². The topological polar surface area (TPSA) is 75.3 Å². The van der Waals surface area contributed by atoms with Crippen molar-refractivity contribution in [2.24, 2.45) is 0 Å². The summed E-state index contributed by atoms with van der Waals surface area (Å²) in [6, 6.07) is 3.44. The van der Waals surface area contributed by atoms with Gasteiger partial charge in [-0.05, 0) is 24.6 Å². The van der Waals surface area contributed by atoms with E-state index >= 15 is 0 Å². The Bertz CT molecular complexity index is 680. The van der Waals surface area contributed by atoms with Gasteiger partial charge in [-0.25, -0.2) is 17.2 Å². The van der Waals surface area contributed by atoms with Gasteiger partial charge in [0.1, 0.15) is 0 Å². The van der Waals surface area contributed by atoms with Gasteiger partial charge in [-0.2, -0.15) is 0 Å². The lowest BCUT2D eigenvalue weighted by atomic mass is 10.1. The monoisotopic (exact) mass is 354 g/mol. The third-order valence-electron chi connectivity index (χ3n) is 3.28. The number of sulfone groups is 1.